The van der Waals surface area contributed by atoms with E-state index < -0.39 is 6.09 Å². The molecule has 2 fully saturated rings. The third-order valence-corrected chi connectivity index (χ3v) is 3.00. The van der Waals surface area contributed by atoms with Gasteiger partial charge in [-0.15, -0.1) is 0 Å². The Kier molecular flexibility index (Phi) is 1.56. The van der Waals surface area contributed by atoms with Gasteiger partial charge in [0.15, 0.2) is 0 Å². The summed E-state index contributed by atoms with van der Waals surface area (Å²) in [7, 11) is 0. The Labute approximate surface area is 70.2 Å². The molecule has 1 N–H and O–H groups in total. The molecule has 0 unspecified atom stereocenters. The highest BCUT2D eigenvalue weighted by atomic mass is 16.4. The first-order valence-electron chi connectivity index (χ1n) is 4.20. The first-order chi connectivity index (χ1) is 5.74. The van der Waals surface area contributed by atoms with Crippen LogP contribution in [0.5, 0.6) is 0 Å². The summed E-state index contributed by atoms with van der Waals surface area (Å²) >= 11 is 0. The summed E-state index contributed by atoms with van der Waals surface area (Å²) in [6.45, 7) is 0. The van der Waals surface area contributed by atoms with E-state index in [1.807, 2.05) is 0 Å². The zero-order valence-corrected chi connectivity index (χ0v) is 6.64. The summed E-state index contributed by atoms with van der Waals surface area (Å²) in [5, 5.41) is 8.80. The van der Waals surface area contributed by atoms with Crippen molar-refractivity contribution < 1.29 is 14.7 Å². The molecule has 0 spiro atoms. The molecule has 3 atom stereocenters. The third kappa shape index (κ3) is 0.838. The van der Waals surface area contributed by atoms with Gasteiger partial charge in [0, 0.05) is 6.04 Å². The van der Waals surface area contributed by atoms with Gasteiger partial charge >= 0.3 is 6.09 Å². The van der Waals surface area contributed by atoms with Crippen molar-refractivity contribution in [3.05, 3.63) is 0 Å². The van der Waals surface area contributed by atoms with Crippen LogP contribution in [0.15, 0.2) is 0 Å². The predicted molar refractivity (Wildman–Crippen MR) is 40.8 cm³/mol. The third-order valence-electron chi connectivity index (χ3n) is 3.00. The summed E-state index contributed by atoms with van der Waals surface area (Å²) < 4.78 is 0. The number of piperidine rings is 1. The number of rotatable bonds is 1. The Morgan fingerprint density at radius 1 is 1.50 bits per heavy atom. The number of aldehydes is 1. The Balaban J connectivity index is 2.21. The van der Waals surface area contributed by atoms with E-state index in [1.54, 1.807) is 0 Å². The second-order valence-corrected chi connectivity index (χ2v) is 3.54. The van der Waals surface area contributed by atoms with Crippen molar-refractivity contribution in [1.29, 1.82) is 0 Å². The zero-order chi connectivity index (χ0) is 8.72. The van der Waals surface area contributed by atoms with Gasteiger partial charge in [-0.1, -0.05) is 0 Å². The van der Waals surface area contributed by atoms with Gasteiger partial charge in [0.2, 0.25) is 0 Å². The summed E-state index contributed by atoms with van der Waals surface area (Å²) in [6, 6.07) is -0.246. The molecule has 1 aliphatic carbocycles. The largest absolute Gasteiger partial charge is 0.465 e. The van der Waals surface area contributed by atoms with Gasteiger partial charge in [-0.2, -0.15) is 0 Å². The first-order valence-corrected chi connectivity index (χ1v) is 4.20. The maximum atomic E-state index is 10.7. The zero-order valence-electron chi connectivity index (χ0n) is 6.64. The number of likely N-dealkylation sites (tertiary alicyclic amines) is 1. The van der Waals surface area contributed by atoms with Crippen LogP contribution < -0.4 is 0 Å². The standard InChI is InChI=1S/C8H11NO3/c10-4-7-5-1-2-6(3-5)9(7)8(11)12/h4-7H,1-3H2,(H,11,12)/t5-,6+,7+/m1/s1. The quantitative estimate of drug-likeness (QED) is 0.588. The van der Waals surface area contributed by atoms with Crippen molar-refractivity contribution in [2.75, 3.05) is 0 Å². The summed E-state index contributed by atoms with van der Waals surface area (Å²) in [6.07, 6.45) is 2.66. The smallest absolute Gasteiger partial charge is 0.408 e. The molecule has 66 valence electrons. The molecular weight excluding hydrogens is 158 g/mol. The maximum Gasteiger partial charge on any atom is 0.408 e. The van der Waals surface area contributed by atoms with E-state index in [-0.39, 0.29) is 12.1 Å². The van der Waals surface area contributed by atoms with Crippen LogP contribution in [0.3, 0.4) is 0 Å². The molecule has 1 aliphatic heterocycles. The molecule has 0 aromatic heterocycles. The molecule has 2 aliphatic rings. The fourth-order valence-corrected chi connectivity index (χ4v) is 2.49. The number of carbonyl (C=O) groups excluding carboxylic acids is 1. The number of fused-ring (bicyclic) bond motifs is 2. The second kappa shape index (κ2) is 2.47. The number of carbonyl (C=O) groups is 2. The molecule has 1 amide bonds. The van der Waals surface area contributed by atoms with Crippen LogP contribution in [0.2, 0.25) is 0 Å². The highest BCUT2D eigenvalue weighted by Gasteiger charge is 2.48. The van der Waals surface area contributed by atoms with Crippen molar-refractivity contribution in [2.45, 2.75) is 31.3 Å². The molecule has 2 bridgehead atoms. The second-order valence-electron chi connectivity index (χ2n) is 3.54. The molecule has 4 nitrogen and oxygen atoms in total. The van der Waals surface area contributed by atoms with Crippen LogP contribution in [-0.2, 0) is 4.79 Å². The maximum absolute atomic E-state index is 10.7. The lowest BCUT2D eigenvalue weighted by atomic mass is 10.0. The van der Waals surface area contributed by atoms with Gasteiger partial charge in [-0.25, -0.2) is 4.79 Å². The van der Waals surface area contributed by atoms with Crippen molar-refractivity contribution in [3.63, 3.8) is 0 Å². The van der Waals surface area contributed by atoms with E-state index >= 15 is 0 Å². The Hall–Kier alpha value is -1.06. The Morgan fingerprint density at radius 3 is 2.75 bits per heavy atom. The van der Waals surface area contributed by atoms with Gasteiger partial charge in [-0.3, -0.25) is 4.90 Å². The molecular formula is C8H11NO3. The fourth-order valence-electron chi connectivity index (χ4n) is 2.49. The van der Waals surface area contributed by atoms with Gasteiger partial charge < -0.3 is 9.90 Å². The number of nitrogens with zero attached hydrogens (tertiary/aromatic N) is 1. The van der Waals surface area contributed by atoms with Crippen LogP contribution in [0.25, 0.3) is 0 Å². The molecule has 1 heterocycles. The van der Waals surface area contributed by atoms with Crippen LogP contribution in [0.4, 0.5) is 4.79 Å². The van der Waals surface area contributed by atoms with E-state index in [2.05, 4.69) is 0 Å². The average Bonchev–Trinajstić information content (AvgIpc) is 2.60. The van der Waals surface area contributed by atoms with Gasteiger partial charge in [-0.05, 0) is 25.2 Å². The van der Waals surface area contributed by atoms with Crippen LogP contribution in [0.1, 0.15) is 19.3 Å². The lowest BCUT2D eigenvalue weighted by molar-refractivity contribution is -0.113. The average molecular weight is 169 g/mol. The summed E-state index contributed by atoms with van der Waals surface area (Å²) in [5.74, 6) is 0.295. The van der Waals surface area contributed by atoms with E-state index in [1.165, 1.54) is 4.90 Å². The van der Waals surface area contributed by atoms with E-state index in [0.717, 1.165) is 25.5 Å². The summed E-state index contributed by atoms with van der Waals surface area (Å²) in [4.78, 5) is 22.7. The minimum absolute atomic E-state index is 0.114. The van der Waals surface area contributed by atoms with Crippen LogP contribution in [-0.4, -0.2) is 34.5 Å². The fraction of sp³-hybridized carbons (Fsp3) is 0.750. The first kappa shape index (κ1) is 7.58. The Bertz CT molecular complexity index is 228. The lowest BCUT2D eigenvalue weighted by Crippen LogP contribution is -2.45. The molecule has 2 rings (SSSR count). The molecule has 0 aromatic rings. The van der Waals surface area contributed by atoms with Gasteiger partial charge in [0.05, 0.1) is 6.04 Å². The number of amides is 1. The van der Waals surface area contributed by atoms with Gasteiger partial charge in [0.1, 0.15) is 6.29 Å². The van der Waals surface area contributed by atoms with E-state index in [4.69, 9.17) is 5.11 Å². The van der Waals surface area contributed by atoms with E-state index in [9.17, 15) is 9.59 Å². The predicted octanol–water partition coefficient (Wildman–Crippen LogP) is 0.716. The lowest BCUT2D eigenvalue weighted by Gasteiger charge is -2.29. The highest BCUT2D eigenvalue weighted by Crippen LogP contribution is 2.41. The summed E-state index contributed by atoms with van der Waals surface area (Å²) in [5.41, 5.74) is 0. The number of carboxylic acid groups (broad SMARTS) is 1. The molecule has 4 heteroatoms. The highest BCUT2D eigenvalue weighted by molar-refractivity contribution is 5.73. The monoisotopic (exact) mass is 169 g/mol. The van der Waals surface area contributed by atoms with E-state index in [0.29, 0.717) is 5.92 Å². The van der Waals surface area contributed by atoms with Crippen LogP contribution in [0, 0.1) is 5.92 Å². The normalized spacial score (nSPS) is 38.7. The number of hydrogen-bond donors (Lipinski definition) is 1. The molecule has 0 aromatic carbocycles. The SMILES string of the molecule is O=C[C@H]1[C@@H]2CC[C@@H](C2)N1C(=O)O. The molecule has 0 radical (unpaired) electrons. The molecule has 12 heavy (non-hydrogen) atoms. The van der Waals surface area contributed by atoms with Crippen molar-refractivity contribution in [2.24, 2.45) is 5.92 Å². The topological polar surface area (TPSA) is 57.6 Å². The van der Waals surface area contributed by atoms with Crippen molar-refractivity contribution >= 4 is 12.4 Å². The minimum Gasteiger partial charge on any atom is -0.465 e. The van der Waals surface area contributed by atoms with Gasteiger partial charge in [0.25, 0.3) is 0 Å². The molecule has 1 saturated carbocycles. The Morgan fingerprint density at radius 2 is 2.25 bits per heavy atom. The number of hydrogen-bond acceptors (Lipinski definition) is 2. The van der Waals surface area contributed by atoms with Crippen molar-refractivity contribution in [3.8, 4) is 0 Å². The van der Waals surface area contributed by atoms with Crippen LogP contribution >= 0.6 is 0 Å². The van der Waals surface area contributed by atoms with Crippen molar-refractivity contribution in [1.82, 2.24) is 4.90 Å². The molecule has 1 saturated heterocycles. The minimum atomic E-state index is -0.945.